The minimum Gasteiger partial charge on any atom is -0.209 e. The lowest BCUT2D eigenvalue weighted by Crippen LogP contribution is -2.16. The third-order valence-electron chi connectivity index (χ3n) is 5.82. The Balaban J connectivity index is 2.34. The Morgan fingerprint density at radius 3 is 0.911 bits per heavy atom. The van der Waals surface area contributed by atoms with Crippen LogP contribution in [0.4, 0.5) is 61.5 Å². The monoisotopic (exact) mass is 650 g/mol. The van der Waals surface area contributed by atoms with Crippen LogP contribution < -0.4 is 0 Å². The number of pyridine rings is 3. The van der Waals surface area contributed by atoms with Gasteiger partial charge in [-0.05, 0) is 0 Å². The second-order valence-corrected chi connectivity index (χ2v) is 8.23. The smallest absolute Gasteiger partial charge is 0.209 e. The van der Waals surface area contributed by atoms with E-state index >= 15 is 0 Å². The van der Waals surface area contributed by atoms with Gasteiger partial charge in [-0.3, -0.25) is 0 Å². The molecule has 0 saturated heterocycles. The highest BCUT2D eigenvalue weighted by atomic mass is 19.4. The molecule has 6 nitrogen and oxygen atoms in total. The molecule has 3 aromatic heterocycles. The SMILES string of the molecule is N#CC(=C1C(=C(C#N)c2c(F)c(F)nc(F)c2F)C1=C(C#N)c1c(F)c(F)nc(C(F)(F)F)c1F)c1c(F)c(F)nc(F)c1F. The van der Waals surface area contributed by atoms with E-state index in [0.29, 0.717) is 0 Å². The van der Waals surface area contributed by atoms with Crippen molar-refractivity contribution in [1.29, 1.82) is 15.8 Å². The van der Waals surface area contributed by atoms with Gasteiger partial charge in [-0.1, -0.05) is 0 Å². The fourth-order valence-corrected chi connectivity index (χ4v) is 3.98. The van der Waals surface area contributed by atoms with Crippen LogP contribution in [0.2, 0.25) is 0 Å². The van der Waals surface area contributed by atoms with Crippen LogP contribution in [0.25, 0.3) is 16.7 Å². The van der Waals surface area contributed by atoms with Crippen LogP contribution in [-0.2, 0) is 6.18 Å². The lowest BCUT2D eigenvalue weighted by atomic mass is 10.0. The number of rotatable bonds is 3. The van der Waals surface area contributed by atoms with E-state index in [1.165, 1.54) is 0 Å². The predicted molar refractivity (Wildman–Crippen MR) is 115 cm³/mol. The van der Waals surface area contributed by atoms with Crippen molar-refractivity contribution in [2.75, 3.05) is 0 Å². The van der Waals surface area contributed by atoms with Crippen LogP contribution in [0.5, 0.6) is 0 Å². The van der Waals surface area contributed by atoms with Crippen LogP contribution in [-0.4, -0.2) is 15.0 Å². The van der Waals surface area contributed by atoms with Gasteiger partial charge in [0.2, 0.25) is 5.95 Å². The second-order valence-electron chi connectivity index (χ2n) is 8.23. The van der Waals surface area contributed by atoms with Crippen molar-refractivity contribution >= 4 is 16.7 Å². The quantitative estimate of drug-likeness (QED) is 0.178. The number of halogens is 14. The normalized spacial score (nSPS) is 14.9. The van der Waals surface area contributed by atoms with E-state index in [0.717, 1.165) is 18.2 Å². The molecule has 0 amide bonds. The second kappa shape index (κ2) is 11.0. The molecule has 0 aliphatic heterocycles. The molecular weight excluding hydrogens is 650 g/mol. The van der Waals surface area contributed by atoms with Crippen molar-refractivity contribution < 1.29 is 61.5 Å². The zero-order valence-electron chi connectivity index (χ0n) is 20.5. The van der Waals surface area contributed by atoms with Crippen molar-refractivity contribution in [1.82, 2.24) is 15.0 Å². The van der Waals surface area contributed by atoms with Gasteiger partial charge in [0.15, 0.2) is 40.6 Å². The van der Waals surface area contributed by atoms with Gasteiger partial charge in [0.25, 0.3) is 23.8 Å². The first-order valence-corrected chi connectivity index (χ1v) is 10.9. The van der Waals surface area contributed by atoms with Crippen LogP contribution in [0.1, 0.15) is 22.4 Å². The van der Waals surface area contributed by atoms with E-state index in [9.17, 15) is 77.3 Å². The number of hydrogen-bond acceptors (Lipinski definition) is 6. The number of allylic oxidation sites excluding steroid dienone is 6. The molecule has 4 rings (SSSR count). The summed E-state index contributed by atoms with van der Waals surface area (Å²) in [6, 6.07) is 2.68. The highest BCUT2D eigenvalue weighted by molar-refractivity contribution is 6.12. The van der Waals surface area contributed by atoms with Crippen LogP contribution in [0.3, 0.4) is 0 Å². The molecule has 3 aromatic rings. The largest absolute Gasteiger partial charge is 0.436 e. The summed E-state index contributed by atoms with van der Waals surface area (Å²) in [6.45, 7) is 0. The Labute approximate surface area is 237 Å². The molecule has 0 unspecified atom stereocenters. The maximum atomic E-state index is 15.0. The zero-order valence-corrected chi connectivity index (χ0v) is 20.5. The lowest BCUT2D eigenvalue weighted by Gasteiger charge is -2.11. The van der Waals surface area contributed by atoms with Gasteiger partial charge in [0, 0.05) is 16.7 Å². The van der Waals surface area contributed by atoms with Gasteiger partial charge in [0.05, 0.1) is 33.4 Å². The summed E-state index contributed by atoms with van der Waals surface area (Å²) in [4.78, 5) is 6.41. The number of nitrogens with zero attached hydrogens (tertiary/aromatic N) is 6. The first kappa shape index (κ1) is 32.1. The fraction of sp³-hybridized carbons (Fsp3) is 0.0400. The summed E-state index contributed by atoms with van der Waals surface area (Å²) in [5.41, 5.74) is -19.1. The Kier molecular flexibility index (Phi) is 7.85. The maximum absolute atomic E-state index is 15.0. The number of nitriles is 3. The topological polar surface area (TPSA) is 110 Å². The van der Waals surface area contributed by atoms with E-state index in [2.05, 4.69) is 9.97 Å². The molecule has 1 saturated carbocycles. The number of aromatic nitrogens is 3. The van der Waals surface area contributed by atoms with Crippen molar-refractivity contribution in [2.45, 2.75) is 6.18 Å². The third-order valence-corrected chi connectivity index (χ3v) is 5.82. The van der Waals surface area contributed by atoms with Gasteiger partial charge < -0.3 is 0 Å². The van der Waals surface area contributed by atoms with Gasteiger partial charge in [-0.15, -0.1) is 0 Å². The maximum Gasteiger partial charge on any atom is 0.436 e. The zero-order chi connectivity index (χ0) is 33.9. The Morgan fingerprint density at radius 1 is 0.422 bits per heavy atom. The Bertz CT molecular complexity index is 1940. The van der Waals surface area contributed by atoms with Crippen molar-refractivity contribution in [2.24, 2.45) is 0 Å². The van der Waals surface area contributed by atoms with Crippen molar-refractivity contribution in [3.8, 4) is 18.2 Å². The lowest BCUT2D eigenvalue weighted by molar-refractivity contribution is -0.144. The Hall–Kier alpha value is -5.84. The molecular formula is C25F14N6. The van der Waals surface area contributed by atoms with Crippen LogP contribution in [0, 0.1) is 98.6 Å². The summed E-state index contributed by atoms with van der Waals surface area (Å²) in [6.07, 6.45) is -5.90. The average Bonchev–Trinajstić information content (AvgIpc) is 3.68. The van der Waals surface area contributed by atoms with Gasteiger partial charge in [-0.25, -0.2) is 31.3 Å². The van der Waals surface area contributed by atoms with Crippen molar-refractivity contribution in [3.63, 3.8) is 0 Å². The fourth-order valence-electron chi connectivity index (χ4n) is 3.98. The van der Waals surface area contributed by atoms with E-state index in [1.54, 1.807) is 0 Å². The van der Waals surface area contributed by atoms with E-state index < -0.39 is 127 Å². The summed E-state index contributed by atoms with van der Waals surface area (Å²) < 4.78 is 198. The van der Waals surface area contributed by atoms with Gasteiger partial charge >= 0.3 is 6.18 Å². The molecule has 1 aliphatic rings. The minimum atomic E-state index is -5.90. The molecule has 20 heteroatoms. The standard InChI is InChI=1S/C25F14N6/c26-13-10(14(27)20(32)43-19(13)25(37,38)39)4(1-40)7-8(5(2-41)11-15(28)21(33)44-22(34)16(11)29)9(7)6(3-42)12-17(30)23(35)45-24(36)18(12)31. The molecule has 0 atom stereocenters. The molecule has 0 N–H and O–H groups in total. The average molecular weight is 650 g/mol. The minimum absolute atomic E-state index is 0.847. The molecule has 45 heavy (non-hydrogen) atoms. The van der Waals surface area contributed by atoms with E-state index in [4.69, 9.17) is 0 Å². The Morgan fingerprint density at radius 2 is 0.667 bits per heavy atom. The van der Waals surface area contributed by atoms with Gasteiger partial charge in [-0.2, -0.15) is 60.9 Å². The molecule has 1 fully saturated rings. The molecule has 228 valence electrons. The van der Waals surface area contributed by atoms with E-state index in [-0.39, 0.29) is 0 Å². The molecule has 0 radical (unpaired) electrons. The molecule has 1 aliphatic carbocycles. The summed E-state index contributed by atoms with van der Waals surface area (Å²) in [5.74, 6) is -28.0. The first-order valence-electron chi connectivity index (χ1n) is 10.9. The van der Waals surface area contributed by atoms with Crippen LogP contribution in [0.15, 0.2) is 16.7 Å². The predicted octanol–water partition coefficient (Wildman–Crippen LogP) is 6.67. The highest BCUT2D eigenvalue weighted by Crippen LogP contribution is 2.57. The number of alkyl halides is 3. The first-order chi connectivity index (χ1) is 20.9. The highest BCUT2D eigenvalue weighted by Gasteiger charge is 2.47. The molecule has 3 heterocycles. The summed E-state index contributed by atoms with van der Waals surface area (Å²) >= 11 is 0. The summed E-state index contributed by atoms with van der Waals surface area (Å²) in [5, 5.41) is 29.0. The van der Waals surface area contributed by atoms with Crippen molar-refractivity contribution in [3.05, 3.63) is 104 Å². The summed E-state index contributed by atoms with van der Waals surface area (Å²) in [7, 11) is 0. The molecule has 0 bridgehead atoms. The van der Waals surface area contributed by atoms with E-state index in [1.807, 2.05) is 4.98 Å². The van der Waals surface area contributed by atoms with Gasteiger partial charge in [0.1, 0.15) is 18.2 Å². The molecule has 0 aromatic carbocycles. The third kappa shape index (κ3) is 4.97. The number of hydrogen-bond donors (Lipinski definition) is 0. The molecule has 0 spiro atoms. The van der Waals surface area contributed by atoms with Crippen LogP contribution >= 0.6 is 0 Å².